The van der Waals surface area contributed by atoms with E-state index in [0.717, 1.165) is 28.5 Å². The minimum absolute atomic E-state index is 0.0387. The van der Waals surface area contributed by atoms with E-state index in [1.54, 1.807) is 13.2 Å². The molecule has 6 heterocycles. The first kappa shape index (κ1) is 49.0. The van der Waals surface area contributed by atoms with Gasteiger partial charge in [0, 0.05) is 98.1 Å². The van der Waals surface area contributed by atoms with Crippen LogP contribution in [0.5, 0.6) is 0 Å². The second-order valence-electron chi connectivity index (χ2n) is 23.9. The van der Waals surface area contributed by atoms with Gasteiger partial charge in [-0.1, -0.05) is 25.8 Å². The molecule has 4 saturated carbocycles. The van der Waals surface area contributed by atoms with Crippen molar-refractivity contribution >= 4 is 22.6 Å². The van der Waals surface area contributed by atoms with Gasteiger partial charge in [-0.15, -0.1) is 5.92 Å². The highest BCUT2D eigenvalue weighted by Crippen LogP contribution is 2.74. The largest absolute Gasteiger partial charge is 0.396 e. The Bertz CT molecular complexity index is 2500. The van der Waals surface area contributed by atoms with E-state index in [1.165, 1.54) is 6.92 Å². The summed E-state index contributed by atoms with van der Waals surface area (Å²) in [5.41, 5.74) is -4.01. The van der Waals surface area contributed by atoms with Gasteiger partial charge in [0.15, 0.2) is 5.78 Å². The van der Waals surface area contributed by atoms with E-state index < -0.39 is 93.4 Å². The van der Waals surface area contributed by atoms with Crippen LogP contribution in [-0.4, -0.2) is 151 Å². The number of methoxy groups -OCH3 is 1. The molecule has 12 rings (SSSR count). The molecule has 0 radical (unpaired) electrons. The van der Waals surface area contributed by atoms with Crippen LogP contribution < -0.4 is 5.32 Å². The van der Waals surface area contributed by atoms with Gasteiger partial charge >= 0.3 is 0 Å². The molecule has 1 aromatic heterocycles. The zero-order valence-electron chi connectivity index (χ0n) is 41.3. The van der Waals surface area contributed by atoms with E-state index >= 15 is 4.79 Å². The SMILES string of the molecule is COCCCO[C@H]1CC[C@@]2(C)[C@@H](C1)C(=O)C=C1[C@]3(O)CC[C@@H]4[C@](C)(O)C(O)(O)[C@H]5O[C@H]6[C@@H]([C@H]5CO)[C@@]5(CC[C@@H](c7c(CCCO)ccc8[nH]ccc78)C5)[C@@H](N[C@H]6O)C(=O)N5C[C@@H]5CC#C[C@]12CC[C@]43C. The number of carbonyl (C=O) groups excluding carboxylic acids is 2. The van der Waals surface area contributed by atoms with E-state index in [4.69, 9.17) is 14.2 Å². The number of carbonyl (C=O) groups is 2. The number of piperidine rings is 1. The highest BCUT2D eigenvalue weighted by Gasteiger charge is 2.77. The van der Waals surface area contributed by atoms with Crippen LogP contribution in [-0.2, 0) is 30.2 Å². The molecule has 3 saturated heterocycles. The summed E-state index contributed by atoms with van der Waals surface area (Å²) >= 11 is 0. The molecule has 7 bridgehead atoms. The summed E-state index contributed by atoms with van der Waals surface area (Å²) < 4.78 is 18.3. The van der Waals surface area contributed by atoms with E-state index in [-0.39, 0.29) is 49.2 Å². The number of nitrogens with one attached hydrogen (secondary N) is 2. The monoisotopic (exact) mass is 970 g/mol. The molecule has 7 fully saturated rings. The van der Waals surface area contributed by atoms with Gasteiger partial charge in [0.05, 0.1) is 29.2 Å². The fraction of sp³-hybridized carbons (Fsp3) is 0.745. The lowest BCUT2D eigenvalue weighted by Crippen LogP contribution is -2.70. The normalized spacial score (nSPS) is 45.8. The van der Waals surface area contributed by atoms with Crippen LogP contribution in [0.2, 0.25) is 0 Å². The number of ether oxygens (including phenoxy) is 3. The van der Waals surface area contributed by atoms with E-state index in [9.17, 15) is 40.5 Å². The number of aliphatic hydroxyl groups is 7. The van der Waals surface area contributed by atoms with E-state index in [2.05, 4.69) is 47.3 Å². The summed E-state index contributed by atoms with van der Waals surface area (Å²) in [5, 5.41) is 90.4. The molecule has 15 heteroatoms. The summed E-state index contributed by atoms with van der Waals surface area (Å²) in [5.74, 6) is 0.804. The van der Waals surface area contributed by atoms with Gasteiger partial charge < -0.3 is 59.8 Å². The number of amides is 1. The molecular weight excluding hydrogens is 895 g/mol. The van der Waals surface area contributed by atoms with Crippen molar-refractivity contribution in [2.75, 3.05) is 40.1 Å². The maximum Gasteiger partial charge on any atom is 0.240 e. The van der Waals surface area contributed by atoms with Gasteiger partial charge in [-0.05, 0) is 137 Å². The molecule has 17 atom stereocenters. The third kappa shape index (κ3) is 6.73. The smallest absolute Gasteiger partial charge is 0.240 e. The number of nitrogens with zero attached hydrogens (tertiary/aromatic N) is 1. The first-order valence-electron chi connectivity index (χ1n) is 26.3. The van der Waals surface area contributed by atoms with Crippen molar-refractivity contribution < 1.29 is 59.5 Å². The van der Waals surface area contributed by atoms with Crippen molar-refractivity contribution in [3.8, 4) is 11.8 Å². The van der Waals surface area contributed by atoms with Gasteiger partial charge in [-0.25, -0.2) is 0 Å². The number of fused-ring (bicyclic) bond motifs is 5. The summed E-state index contributed by atoms with van der Waals surface area (Å²) in [7, 11) is 1.66. The molecule has 5 aliphatic carbocycles. The summed E-state index contributed by atoms with van der Waals surface area (Å²) in [6, 6.07) is 5.07. The van der Waals surface area contributed by atoms with Crippen LogP contribution in [0.15, 0.2) is 36.0 Å². The molecular formula is C55H75N3O12. The van der Waals surface area contributed by atoms with Crippen molar-refractivity contribution in [3.63, 3.8) is 0 Å². The lowest BCUT2D eigenvalue weighted by molar-refractivity contribution is -0.345. The van der Waals surface area contributed by atoms with Crippen LogP contribution in [0.4, 0.5) is 0 Å². The maximum atomic E-state index is 15.3. The van der Waals surface area contributed by atoms with Crippen LogP contribution in [0, 0.1) is 57.2 Å². The molecule has 0 unspecified atom stereocenters. The fourth-order valence-corrected chi connectivity index (χ4v) is 17.2. The predicted molar refractivity (Wildman–Crippen MR) is 256 cm³/mol. The molecule has 1 aromatic carbocycles. The second-order valence-corrected chi connectivity index (χ2v) is 23.9. The van der Waals surface area contributed by atoms with Crippen LogP contribution in [0.25, 0.3) is 10.9 Å². The van der Waals surface area contributed by atoms with Crippen molar-refractivity contribution in [2.45, 2.75) is 170 Å². The average Bonchev–Trinajstić information content (AvgIpc) is 3.68. The van der Waals surface area contributed by atoms with Crippen molar-refractivity contribution in [1.29, 1.82) is 0 Å². The van der Waals surface area contributed by atoms with E-state index in [0.29, 0.717) is 96.0 Å². The Morgan fingerprint density at radius 2 is 1.76 bits per heavy atom. The lowest BCUT2D eigenvalue weighted by atomic mass is 9.39. The molecule has 1 amide bonds. The Kier molecular flexibility index (Phi) is 12.0. The molecule has 15 nitrogen and oxygen atoms in total. The molecule has 10 aliphatic rings. The standard InChI is InChI=1S/C55H75N3O12/c1-49-17-13-34(69-25-7-24-68-4)26-37(49)39(61)27-41-53(49)16-5-9-33-29-58(33)48(63)45-52(18-12-32(28-52)42-31(8-6-23-59)10-11-38-35(42)15-22-56-38)43-36(30-60)46(70-44(43)47(62)57-45)55(66,67)51(3,64)40-14-19-54(41,65)50(40,2)20-21-53/h10-11,15,22,27,32-34,36-37,40,43-47,56-57,59-60,62,64-67H,6-9,12-14,17-21,23-26,28-30H2,1-4H3/t32-,33+,34+,36-,37+,40+,43-,44+,45+,46+,47+,49+,50-,51+,52+,53+,54-,58?/m1/s1. The molecule has 9 N–H and O–H groups in total. The van der Waals surface area contributed by atoms with Gasteiger partial charge in [0.1, 0.15) is 24.0 Å². The quantitative estimate of drug-likeness (QED) is 0.0721. The Hall–Kier alpha value is -3.24. The molecule has 2 spiro atoms. The zero-order valence-corrected chi connectivity index (χ0v) is 41.3. The number of H-pyrrole nitrogens is 1. The maximum absolute atomic E-state index is 15.3. The number of ketones is 1. The number of benzene rings is 1. The Morgan fingerprint density at radius 1 is 0.943 bits per heavy atom. The number of aromatic nitrogens is 1. The Morgan fingerprint density at radius 3 is 2.53 bits per heavy atom. The predicted octanol–water partition coefficient (Wildman–Crippen LogP) is 3.34. The first-order chi connectivity index (χ1) is 33.4. The number of aryl methyl sites for hydroxylation is 1. The van der Waals surface area contributed by atoms with Gasteiger partial charge in [0.25, 0.3) is 0 Å². The summed E-state index contributed by atoms with van der Waals surface area (Å²) in [4.78, 5) is 35.2. The lowest BCUT2D eigenvalue weighted by Gasteiger charge is -2.64. The molecule has 382 valence electrons. The van der Waals surface area contributed by atoms with Gasteiger partial charge in [0.2, 0.25) is 11.7 Å². The molecule has 70 heavy (non-hydrogen) atoms. The van der Waals surface area contributed by atoms with Gasteiger partial charge in [-0.3, -0.25) is 14.9 Å². The third-order valence-electron chi connectivity index (χ3n) is 20.9. The Balaban J connectivity index is 1.02. The second kappa shape index (κ2) is 17.2. The van der Waals surface area contributed by atoms with Crippen molar-refractivity contribution in [1.82, 2.24) is 15.2 Å². The highest BCUT2D eigenvalue weighted by molar-refractivity contribution is 5.96. The third-order valence-corrected chi connectivity index (χ3v) is 20.9. The number of hydrogen-bond donors (Lipinski definition) is 9. The van der Waals surface area contributed by atoms with Crippen molar-refractivity contribution in [3.05, 3.63) is 47.2 Å². The highest BCUT2D eigenvalue weighted by atomic mass is 16.6. The molecule has 5 aliphatic heterocycles. The number of hydrogen-bond acceptors (Lipinski definition) is 13. The zero-order chi connectivity index (χ0) is 49.4. The summed E-state index contributed by atoms with van der Waals surface area (Å²) in [6.45, 7) is 6.44. The number of rotatable bonds is 10. The van der Waals surface area contributed by atoms with E-state index in [1.807, 2.05) is 18.0 Å². The van der Waals surface area contributed by atoms with Crippen LogP contribution in [0.1, 0.15) is 121 Å². The van der Waals surface area contributed by atoms with Gasteiger partial charge in [-0.2, -0.15) is 0 Å². The molecule has 2 aromatic rings. The number of aliphatic hydroxyl groups excluding tert-OH is 3. The fourth-order valence-electron chi connectivity index (χ4n) is 17.2. The minimum atomic E-state index is -3.04. The first-order valence-corrected chi connectivity index (χ1v) is 26.3. The Labute approximate surface area is 410 Å². The number of allylic oxidation sites excluding steroid dienone is 1. The minimum Gasteiger partial charge on any atom is -0.396 e. The van der Waals surface area contributed by atoms with Crippen LogP contribution in [0.3, 0.4) is 0 Å². The average molecular weight is 970 g/mol. The number of aromatic amines is 1. The van der Waals surface area contributed by atoms with Crippen molar-refractivity contribution in [2.24, 2.45) is 45.3 Å². The van der Waals surface area contributed by atoms with Crippen LogP contribution >= 0.6 is 0 Å². The topological polar surface area (TPSA) is 234 Å². The summed E-state index contributed by atoms with van der Waals surface area (Å²) in [6.07, 6.45) is 6.30.